The lowest BCUT2D eigenvalue weighted by atomic mass is 9.65. The second-order valence-corrected chi connectivity index (χ2v) is 13.0. The van der Waals surface area contributed by atoms with Gasteiger partial charge < -0.3 is 24.6 Å². The van der Waals surface area contributed by atoms with Gasteiger partial charge in [-0.25, -0.2) is 0 Å². The first-order valence-corrected chi connectivity index (χ1v) is 14.1. The second-order valence-electron chi connectivity index (χ2n) is 13.0. The number of anilines is 1. The van der Waals surface area contributed by atoms with Crippen LogP contribution in [0.4, 0.5) is 5.69 Å². The fourth-order valence-electron chi connectivity index (χ4n) is 7.65. The molecule has 1 saturated carbocycles. The molecule has 3 aromatic rings. The second kappa shape index (κ2) is 9.01. The number of ether oxygens (including phenoxy) is 2. The topological polar surface area (TPSA) is 71.1 Å². The van der Waals surface area contributed by atoms with Crippen molar-refractivity contribution in [3.05, 3.63) is 89.0 Å². The fourth-order valence-corrected chi connectivity index (χ4v) is 7.65. The van der Waals surface area contributed by atoms with Gasteiger partial charge in [-0.1, -0.05) is 45.0 Å². The van der Waals surface area contributed by atoms with Gasteiger partial charge in [-0.05, 0) is 78.1 Å². The van der Waals surface area contributed by atoms with E-state index in [1.165, 1.54) is 0 Å². The summed E-state index contributed by atoms with van der Waals surface area (Å²) >= 11 is 0. The van der Waals surface area contributed by atoms with E-state index in [9.17, 15) is 9.59 Å². The number of rotatable bonds is 5. The molecule has 40 heavy (non-hydrogen) atoms. The number of benzene rings is 3. The van der Waals surface area contributed by atoms with Gasteiger partial charge in [0.2, 0.25) is 6.79 Å². The predicted molar refractivity (Wildman–Crippen MR) is 152 cm³/mol. The van der Waals surface area contributed by atoms with E-state index in [0.29, 0.717) is 29.5 Å². The molecule has 4 aliphatic rings. The van der Waals surface area contributed by atoms with Crippen LogP contribution in [-0.4, -0.2) is 41.0 Å². The molecular weight excluding hydrogens is 502 g/mol. The summed E-state index contributed by atoms with van der Waals surface area (Å²) in [6.07, 6.45) is 2.97. The SMILES string of the molecule is CC1(C)CC2CC(C)(CN2C(=O)c2ccc(NC3c4ccccc4C(=O)N3Cc3ccc4c(c3)OCO4)cc2)C1. The maximum Gasteiger partial charge on any atom is 0.256 e. The normalized spacial score (nSPS) is 25.7. The molecule has 7 rings (SSSR count). The molecule has 0 radical (unpaired) electrons. The number of nitrogens with zero attached hydrogens (tertiary/aromatic N) is 2. The fraction of sp³-hybridized carbons (Fsp3) is 0.394. The lowest BCUT2D eigenvalue weighted by Gasteiger charge is -2.39. The van der Waals surface area contributed by atoms with Crippen molar-refractivity contribution in [3.63, 3.8) is 0 Å². The van der Waals surface area contributed by atoms with Crippen molar-refractivity contribution in [2.24, 2.45) is 10.8 Å². The smallest absolute Gasteiger partial charge is 0.256 e. The molecule has 2 fully saturated rings. The van der Waals surface area contributed by atoms with Crippen molar-refractivity contribution in [2.45, 2.75) is 58.8 Å². The molecule has 2 amide bonds. The number of fused-ring (bicyclic) bond motifs is 4. The van der Waals surface area contributed by atoms with E-state index in [4.69, 9.17) is 9.47 Å². The van der Waals surface area contributed by atoms with E-state index in [1.54, 1.807) is 0 Å². The minimum Gasteiger partial charge on any atom is -0.454 e. The highest BCUT2D eigenvalue weighted by Crippen LogP contribution is 2.52. The van der Waals surface area contributed by atoms with Crippen LogP contribution in [0.2, 0.25) is 0 Å². The zero-order chi connectivity index (χ0) is 27.6. The first kappa shape index (κ1) is 25.0. The molecule has 3 aromatic carbocycles. The molecule has 206 valence electrons. The van der Waals surface area contributed by atoms with E-state index in [2.05, 4.69) is 31.0 Å². The first-order valence-electron chi connectivity index (χ1n) is 14.1. The summed E-state index contributed by atoms with van der Waals surface area (Å²) in [5, 5.41) is 3.56. The van der Waals surface area contributed by atoms with Crippen LogP contribution in [0.1, 0.15) is 78.0 Å². The van der Waals surface area contributed by atoms with Gasteiger partial charge in [0.25, 0.3) is 11.8 Å². The first-order chi connectivity index (χ1) is 19.2. The molecule has 7 nitrogen and oxygen atoms in total. The number of carbonyl (C=O) groups excluding carboxylic acids is 2. The highest BCUT2D eigenvalue weighted by molar-refractivity contribution is 5.99. The summed E-state index contributed by atoms with van der Waals surface area (Å²) in [5.74, 6) is 1.52. The van der Waals surface area contributed by atoms with Gasteiger partial charge in [0.1, 0.15) is 6.17 Å². The molecule has 0 spiro atoms. The predicted octanol–water partition coefficient (Wildman–Crippen LogP) is 6.22. The zero-order valence-corrected chi connectivity index (χ0v) is 23.3. The molecular formula is C33H35N3O4. The summed E-state index contributed by atoms with van der Waals surface area (Å²) in [6.45, 7) is 8.45. The Hall–Kier alpha value is -4.00. The third-order valence-corrected chi connectivity index (χ3v) is 8.96. The average Bonchev–Trinajstić information content (AvgIpc) is 3.57. The third-order valence-electron chi connectivity index (χ3n) is 8.96. The van der Waals surface area contributed by atoms with E-state index in [-0.39, 0.29) is 35.6 Å². The summed E-state index contributed by atoms with van der Waals surface area (Å²) in [7, 11) is 0. The molecule has 3 unspecified atom stereocenters. The van der Waals surface area contributed by atoms with Crippen molar-refractivity contribution in [1.29, 1.82) is 0 Å². The van der Waals surface area contributed by atoms with Gasteiger partial charge in [0, 0.05) is 41.5 Å². The van der Waals surface area contributed by atoms with Crippen molar-refractivity contribution in [3.8, 4) is 11.5 Å². The van der Waals surface area contributed by atoms with Crippen LogP contribution in [-0.2, 0) is 6.54 Å². The number of hydrogen-bond acceptors (Lipinski definition) is 5. The Morgan fingerprint density at radius 2 is 1.75 bits per heavy atom. The van der Waals surface area contributed by atoms with Crippen molar-refractivity contribution < 1.29 is 19.1 Å². The van der Waals surface area contributed by atoms with Crippen LogP contribution in [0.25, 0.3) is 0 Å². The van der Waals surface area contributed by atoms with Crippen LogP contribution in [0.15, 0.2) is 66.7 Å². The lowest BCUT2D eigenvalue weighted by molar-refractivity contribution is 0.0706. The Kier molecular flexibility index (Phi) is 5.63. The molecule has 3 atom stereocenters. The highest BCUT2D eigenvalue weighted by atomic mass is 16.7. The van der Waals surface area contributed by atoms with Gasteiger partial charge in [-0.2, -0.15) is 0 Å². The van der Waals surface area contributed by atoms with E-state index >= 15 is 0 Å². The molecule has 7 heteroatoms. The van der Waals surface area contributed by atoms with Gasteiger partial charge in [0.15, 0.2) is 11.5 Å². The number of nitrogens with one attached hydrogen (secondary N) is 1. The summed E-state index contributed by atoms with van der Waals surface area (Å²) in [5.41, 5.74) is 4.63. The molecule has 3 aliphatic heterocycles. The van der Waals surface area contributed by atoms with E-state index in [1.807, 2.05) is 71.6 Å². The van der Waals surface area contributed by atoms with E-state index in [0.717, 1.165) is 48.4 Å². The van der Waals surface area contributed by atoms with Crippen LogP contribution >= 0.6 is 0 Å². The molecule has 3 heterocycles. The maximum atomic E-state index is 13.6. The molecule has 1 aliphatic carbocycles. The van der Waals surface area contributed by atoms with Gasteiger partial charge >= 0.3 is 0 Å². The zero-order valence-electron chi connectivity index (χ0n) is 23.3. The number of carbonyl (C=O) groups is 2. The van der Waals surface area contributed by atoms with Crippen molar-refractivity contribution in [1.82, 2.24) is 9.80 Å². The Morgan fingerprint density at radius 3 is 2.58 bits per heavy atom. The minimum atomic E-state index is -0.337. The van der Waals surface area contributed by atoms with Crippen molar-refractivity contribution in [2.75, 3.05) is 18.7 Å². The number of likely N-dealkylation sites (tertiary alicyclic amines) is 1. The lowest BCUT2D eigenvalue weighted by Crippen LogP contribution is -2.37. The van der Waals surface area contributed by atoms with E-state index < -0.39 is 0 Å². The van der Waals surface area contributed by atoms with Crippen LogP contribution < -0.4 is 14.8 Å². The minimum absolute atomic E-state index is 0.0193. The Bertz CT molecular complexity index is 1500. The Labute approximate surface area is 235 Å². The molecule has 1 saturated heterocycles. The van der Waals surface area contributed by atoms with Gasteiger partial charge in [0.05, 0.1) is 0 Å². The monoisotopic (exact) mass is 537 g/mol. The Balaban J connectivity index is 1.11. The molecule has 0 aromatic heterocycles. The van der Waals surface area contributed by atoms with Gasteiger partial charge in [-0.3, -0.25) is 9.59 Å². The quantitative estimate of drug-likeness (QED) is 0.418. The van der Waals surface area contributed by atoms with Crippen LogP contribution in [0.5, 0.6) is 11.5 Å². The Morgan fingerprint density at radius 1 is 0.975 bits per heavy atom. The molecule has 1 N–H and O–H groups in total. The summed E-state index contributed by atoms with van der Waals surface area (Å²) in [4.78, 5) is 31.0. The molecule has 2 bridgehead atoms. The van der Waals surface area contributed by atoms with Gasteiger partial charge in [-0.15, -0.1) is 0 Å². The average molecular weight is 538 g/mol. The summed E-state index contributed by atoms with van der Waals surface area (Å²) < 4.78 is 11.0. The standard InChI is InChI=1S/C33H35N3O4/c1-32(2)15-24-16-33(3,18-32)19-36(24)30(37)22-9-11-23(12-10-22)34-29-25-6-4-5-7-26(25)31(38)35(29)17-21-8-13-27-28(14-21)40-20-39-27/h4-14,24,29,34H,15-20H2,1-3H3. The third kappa shape index (κ3) is 4.28. The largest absolute Gasteiger partial charge is 0.454 e. The van der Waals surface area contributed by atoms with Crippen LogP contribution in [0.3, 0.4) is 0 Å². The highest BCUT2D eigenvalue weighted by Gasteiger charge is 2.51. The maximum absolute atomic E-state index is 13.6. The van der Waals surface area contributed by atoms with Crippen molar-refractivity contribution >= 4 is 17.5 Å². The van der Waals surface area contributed by atoms with Crippen LogP contribution in [0, 0.1) is 10.8 Å². The number of hydrogen-bond donors (Lipinski definition) is 1. The summed E-state index contributed by atoms with van der Waals surface area (Å²) in [6, 6.07) is 21.5. The number of amides is 2.